The number of hydrogen-bond donors (Lipinski definition) is 3. The van der Waals surface area contributed by atoms with Gasteiger partial charge in [0, 0.05) is 6.42 Å². The van der Waals surface area contributed by atoms with Gasteiger partial charge in [0.05, 0.1) is 25.2 Å². The minimum absolute atomic E-state index is 0.0809. The summed E-state index contributed by atoms with van der Waals surface area (Å²) in [6.07, 6.45) is 52.4. The van der Waals surface area contributed by atoms with E-state index < -0.39 is 18.2 Å². The lowest BCUT2D eigenvalue weighted by Gasteiger charge is -2.24. The van der Waals surface area contributed by atoms with Crippen LogP contribution in [0.4, 0.5) is 0 Å². The van der Waals surface area contributed by atoms with Crippen LogP contribution in [0.3, 0.4) is 0 Å². The second kappa shape index (κ2) is 46.4. The van der Waals surface area contributed by atoms with Crippen LogP contribution < -0.4 is 5.32 Å². The van der Waals surface area contributed by atoms with E-state index in [0.717, 1.165) is 57.8 Å². The van der Waals surface area contributed by atoms with Gasteiger partial charge in [-0.15, -0.1) is 0 Å². The summed E-state index contributed by atoms with van der Waals surface area (Å²) in [5.41, 5.74) is 0. The molecule has 0 radical (unpaired) electrons. The minimum atomic E-state index is -0.781. The van der Waals surface area contributed by atoms with Crippen molar-refractivity contribution < 1.29 is 24.5 Å². The molecular formula is C52H99NO5. The summed E-state index contributed by atoms with van der Waals surface area (Å²) in [7, 11) is 0. The molecule has 0 aromatic carbocycles. The first-order valence-electron chi connectivity index (χ1n) is 25.6. The number of hydrogen-bond acceptors (Lipinski definition) is 5. The first kappa shape index (κ1) is 56.3. The molecule has 0 saturated carbocycles. The lowest BCUT2D eigenvalue weighted by molar-refractivity contribution is -0.151. The average molecular weight is 818 g/mol. The fourth-order valence-electron chi connectivity index (χ4n) is 7.87. The Bertz CT molecular complexity index is 919. The molecule has 0 bridgehead atoms. The average Bonchev–Trinajstić information content (AvgIpc) is 3.22. The molecule has 0 aliphatic rings. The van der Waals surface area contributed by atoms with Crippen LogP contribution >= 0.6 is 0 Å². The number of unbranched alkanes of at least 4 members (excludes halogenated alkanes) is 30. The molecule has 0 aromatic heterocycles. The van der Waals surface area contributed by atoms with Crippen LogP contribution in [0.1, 0.15) is 271 Å². The van der Waals surface area contributed by atoms with Crippen molar-refractivity contribution in [3.05, 3.63) is 24.3 Å². The normalized spacial score (nSPS) is 13.4. The van der Waals surface area contributed by atoms with Gasteiger partial charge in [-0.2, -0.15) is 0 Å². The summed E-state index contributed by atoms with van der Waals surface area (Å²) < 4.78 is 5.93. The van der Waals surface area contributed by atoms with Gasteiger partial charge in [-0.3, -0.25) is 9.59 Å². The third kappa shape index (κ3) is 41.1. The second-order valence-electron chi connectivity index (χ2n) is 17.6. The Hall–Kier alpha value is -1.66. The molecule has 0 saturated heterocycles. The number of aliphatic hydroxyl groups excluding tert-OH is 2. The molecule has 6 nitrogen and oxygen atoms in total. The second-order valence-corrected chi connectivity index (χ2v) is 17.6. The van der Waals surface area contributed by atoms with Crippen LogP contribution in [0.15, 0.2) is 24.3 Å². The highest BCUT2D eigenvalue weighted by Gasteiger charge is 2.24. The predicted molar refractivity (Wildman–Crippen MR) is 250 cm³/mol. The molecule has 6 heteroatoms. The smallest absolute Gasteiger partial charge is 0.306 e. The number of amides is 1. The van der Waals surface area contributed by atoms with Gasteiger partial charge >= 0.3 is 5.97 Å². The van der Waals surface area contributed by atoms with E-state index in [0.29, 0.717) is 19.3 Å². The molecule has 0 heterocycles. The zero-order valence-electron chi connectivity index (χ0n) is 38.9. The van der Waals surface area contributed by atoms with Crippen molar-refractivity contribution in [1.82, 2.24) is 5.32 Å². The van der Waals surface area contributed by atoms with Gasteiger partial charge in [-0.25, -0.2) is 0 Å². The molecule has 0 aromatic rings. The largest absolute Gasteiger partial charge is 0.462 e. The number of aliphatic hydroxyl groups is 2. The Morgan fingerprint density at radius 1 is 0.500 bits per heavy atom. The van der Waals surface area contributed by atoms with Crippen molar-refractivity contribution in [3.8, 4) is 0 Å². The monoisotopic (exact) mass is 818 g/mol. The topological polar surface area (TPSA) is 95.9 Å². The number of carbonyl (C=O) groups excluding carboxylic acids is 2. The van der Waals surface area contributed by atoms with E-state index in [1.807, 2.05) is 0 Å². The third-order valence-electron chi connectivity index (χ3n) is 11.8. The summed E-state index contributed by atoms with van der Waals surface area (Å²) in [4.78, 5) is 26.1. The zero-order chi connectivity index (χ0) is 42.4. The molecule has 0 aliphatic carbocycles. The molecule has 0 fully saturated rings. The van der Waals surface area contributed by atoms with Crippen molar-refractivity contribution in [2.45, 2.75) is 289 Å². The first-order chi connectivity index (χ1) is 28.5. The summed E-state index contributed by atoms with van der Waals surface area (Å²) in [5, 5.41) is 23.6. The van der Waals surface area contributed by atoms with E-state index in [4.69, 9.17) is 4.74 Å². The lowest BCUT2D eigenvalue weighted by atomic mass is 10.0. The maximum absolute atomic E-state index is 13.1. The van der Waals surface area contributed by atoms with E-state index >= 15 is 0 Å². The van der Waals surface area contributed by atoms with Crippen molar-refractivity contribution in [2.75, 3.05) is 6.61 Å². The van der Waals surface area contributed by atoms with Crippen molar-refractivity contribution in [3.63, 3.8) is 0 Å². The Kier molecular flexibility index (Phi) is 45.1. The standard InChI is InChI=1S/C52H99NO5/c1-4-7-10-13-16-19-21-22-23-24-25-26-27-28-30-33-36-39-42-45-52(57)58-48(43-40-37-34-32-29-20-17-14-11-8-5-2)46-51(56)53-49(47-54)50(55)44-41-38-35-31-18-15-12-9-6-3/h16,19,22-23,48-50,54-55H,4-15,17-18,20-21,24-47H2,1-3H3,(H,53,56)/b19-16-,23-22-. The van der Waals surface area contributed by atoms with Crippen LogP contribution in [0.5, 0.6) is 0 Å². The van der Waals surface area contributed by atoms with Crippen LogP contribution in [-0.4, -0.2) is 46.9 Å². The van der Waals surface area contributed by atoms with E-state index in [9.17, 15) is 19.8 Å². The van der Waals surface area contributed by atoms with Crippen LogP contribution in [0.25, 0.3) is 0 Å². The highest BCUT2D eigenvalue weighted by Crippen LogP contribution is 2.18. The fraction of sp³-hybridized carbons (Fsp3) is 0.885. The Morgan fingerprint density at radius 3 is 1.34 bits per heavy atom. The van der Waals surface area contributed by atoms with Crippen molar-refractivity contribution in [2.24, 2.45) is 0 Å². The van der Waals surface area contributed by atoms with Gasteiger partial charge in [0.2, 0.25) is 5.91 Å². The minimum Gasteiger partial charge on any atom is -0.462 e. The molecule has 0 aliphatic heterocycles. The molecular weight excluding hydrogens is 719 g/mol. The predicted octanol–water partition coefficient (Wildman–Crippen LogP) is 15.1. The molecule has 342 valence electrons. The lowest BCUT2D eigenvalue weighted by Crippen LogP contribution is -2.46. The SMILES string of the molecule is CCCCC/C=C\C/C=C\CCCCCCCCCCCC(=O)OC(CCCCCCCCCCCCC)CC(=O)NC(CO)C(O)CCCCCCCCCCC. The van der Waals surface area contributed by atoms with Gasteiger partial charge in [-0.1, -0.05) is 225 Å². The van der Waals surface area contributed by atoms with Crippen LogP contribution in [0.2, 0.25) is 0 Å². The molecule has 3 N–H and O–H groups in total. The van der Waals surface area contributed by atoms with E-state index in [1.54, 1.807) is 0 Å². The maximum Gasteiger partial charge on any atom is 0.306 e. The number of ether oxygens (including phenoxy) is 1. The van der Waals surface area contributed by atoms with Gasteiger partial charge in [0.25, 0.3) is 0 Å². The van der Waals surface area contributed by atoms with Crippen molar-refractivity contribution >= 4 is 11.9 Å². The number of esters is 1. The Labute approximate surface area is 361 Å². The maximum atomic E-state index is 13.1. The molecule has 3 unspecified atom stereocenters. The third-order valence-corrected chi connectivity index (χ3v) is 11.8. The van der Waals surface area contributed by atoms with E-state index in [2.05, 4.69) is 50.4 Å². The Balaban J connectivity index is 4.45. The quantitative estimate of drug-likeness (QED) is 0.0323. The molecule has 0 spiro atoms. The van der Waals surface area contributed by atoms with Crippen LogP contribution in [0, 0.1) is 0 Å². The first-order valence-corrected chi connectivity index (χ1v) is 25.6. The molecule has 58 heavy (non-hydrogen) atoms. The number of carbonyl (C=O) groups is 2. The number of nitrogens with one attached hydrogen (secondary N) is 1. The molecule has 3 atom stereocenters. The fourth-order valence-corrected chi connectivity index (χ4v) is 7.87. The summed E-state index contributed by atoms with van der Waals surface area (Å²) in [5.74, 6) is -0.467. The highest BCUT2D eigenvalue weighted by molar-refractivity contribution is 5.77. The van der Waals surface area contributed by atoms with Gasteiger partial charge in [0.1, 0.15) is 6.10 Å². The number of allylic oxidation sites excluding steroid dienone is 4. The Morgan fingerprint density at radius 2 is 0.879 bits per heavy atom. The summed E-state index contributed by atoms with van der Waals surface area (Å²) in [6, 6.07) is -0.695. The molecule has 1 amide bonds. The molecule has 0 rings (SSSR count). The zero-order valence-corrected chi connectivity index (χ0v) is 38.9. The summed E-state index contributed by atoms with van der Waals surface area (Å²) >= 11 is 0. The van der Waals surface area contributed by atoms with Gasteiger partial charge in [0.15, 0.2) is 0 Å². The van der Waals surface area contributed by atoms with E-state index in [-0.39, 0.29) is 24.9 Å². The van der Waals surface area contributed by atoms with E-state index in [1.165, 1.54) is 167 Å². The van der Waals surface area contributed by atoms with Gasteiger partial charge in [-0.05, 0) is 57.8 Å². The summed E-state index contributed by atoms with van der Waals surface area (Å²) in [6.45, 7) is 6.45. The van der Waals surface area contributed by atoms with Gasteiger partial charge < -0.3 is 20.3 Å². The van der Waals surface area contributed by atoms with Crippen LogP contribution in [-0.2, 0) is 14.3 Å². The van der Waals surface area contributed by atoms with Crippen molar-refractivity contribution in [1.29, 1.82) is 0 Å². The number of rotatable bonds is 46. The highest BCUT2D eigenvalue weighted by atomic mass is 16.5.